The molecule has 0 bridgehead atoms. The van der Waals surface area contributed by atoms with E-state index in [-0.39, 0.29) is 0 Å². The molecule has 0 amide bonds. The maximum Gasteiger partial charge on any atom is 0.185 e. The molecule has 3 rings (SSSR count). The van der Waals surface area contributed by atoms with Gasteiger partial charge in [-0.05, 0) is 33.2 Å². The number of anilines is 1. The van der Waals surface area contributed by atoms with Crippen LogP contribution in [0.2, 0.25) is 0 Å². The highest BCUT2D eigenvalue weighted by Crippen LogP contribution is 2.35. The van der Waals surface area contributed by atoms with Crippen molar-refractivity contribution < 1.29 is 4.74 Å². The summed E-state index contributed by atoms with van der Waals surface area (Å²) in [5, 5.41) is 6.59. The summed E-state index contributed by atoms with van der Waals surface area (Å²) < 4.78 is 5.85. The van der Waals surface area contributed by atoms with Gasteiger partial charge in [0.05, 0.1) is 24.4 Å². The SMILES string of the molecule is CNC(C)c1csc(N2CCOC3CCCC32)n1. The van der Waals surface area contributed by atoms with Crippen molar-refractivity contribution in [2.75, 3.05) is 25.1 Å². The Morgan fingerprint density at radius 2 is 2.44 bits per heavy atom. The second-order valence-electron chi connectivity index (χ2n) is 5.17. The zero-order valence-corrected chi connectivity index (χ0v) is 11.9. The number of nitrogens with zero attached hydrogens (tertiary/aromatic N) is 2. The lowest BCUT2D eigenvalue weighted by molar-refractivity contribution is 0.0256. The summed E-state index contributed by atoms with van der Waals surface area (Å²) >= 11 is 1.77. The summed E-state index contributed by atoms with van der Waals surface area (Å²) in [5.41, 5.74) is 1.15. The Balaban J connectivity index is 1.79. The lowest BCUT2D eigenvalue weighted by Gasteiger charge is -2.37. The molecule has 2 aliphatic rings. The number of aromatic nitrogens is 1. The quantitative estimate of drug-likeness (QED) is 0.911. The Bertz CT molecular complexity index is 409. The van der Waals surface area contributed by atoms with Crippen LogP contribution in [0.1, 0.15) is 37.9 Å². The van der Waals surface area contributed by atoms with E-state index in [0.717, 1.165) is 18.8 Å². The number of hydrogen-bond acceptors (Lipinski definition) is 5. The Kier molecular flexibility index (Phi) is 3.54. The number of morpholine rings is 1. The third-order valence-electron chi connectivity index (χ3n) is 4.11. The Morgan fingerprint density at radius 3 is 3.28 bits per heavy atom. The first-order valence-electron chi connectivity index (χ1n) is 6.80. The van der Waals surface area contributed by atoms with E-state index in [1.54, 1.807) is 11.3 Å². The van der Waals surface area contributed by atoms with E-state index in [0.29, 0.717) is 18.2 Å². The zero-order chi connectivity index (χ0) is 12.5. The molecule has 2 fully saturated rings. The minimum absolute atomic E-state index is 0.329. The molecule has 5 heteroatoms. The van der Waals surface area contributed by atoms with E-state index in [4.69, 9.17) is 9.72 Å². The average molecular weight is 267 g/mol. The van der Waals surface area contributed by atoms with Crippen LogP contribution in [0, 0.1) is 0 Å². The van der Waals surface area contributed by atoms with Gasteiger partial charge in [-0.1, -0.05) is 0 Å². The fraction of sp³-hybridized carbons (Fsp3) is 0.769. The van der Waals surface area contributed by atoms with E-state index < -0.39 is 0 Å². The van der Waals surface area contributed by atoms with Gasteiger partial charge >= 0.3 is 0 Å². The summed E-state index contributed by atoms with van der Waals surface area (Å²) in [6.07, 6.45) is 4.19. The van der Waals surface area contributed by atoms with Gasteiger partial charge in [-0.3, -0.25) is 0 Å². The Labute approximate surface area is 112 Å². The van der Waals surface area contributed by atoms with E-state index in [2.05, 4.69) is 22.5 Å². The zero-order valence-electron chi connectivity index (χ0n) is 11.1. The lowest BCUT2D eigenvalue weighted by Crippen LogP contribution is -2.48. The monoisotopic (exact) mass is 267 g/mol. The van der Waals surface area contributed by atoms with Crippen LogP contribution in [0.15, 0.2) is 5.38 Å². The summed E-state index contributed by atoms with van der Waals surface area (Å²) in [6, 6.07) is 0.887. The van der Waals surface area contributed by atoms with Crippen LogP contribution in [0.4, 0.5) is 5.13 Å². The highest BCUT2D eigenvalue weighted by Gasteiger charge is 2.37. The topological polar surface area (TPSA) is 37.4 Å². The van der Waals surface area contributed by atoms with Crippen molar-refractivity contribution in [2.45, 2.75) is 44.4 Å². The summed E-state index contributed by atoms with van der Waals surface area (Å²) in [7, 11) is 1.98. The van der Waals surface area contributed by atoms with Crippen molar-refractivity contribution >= 4 is 16.5 Å². The molecule has 0 aromatic carbocycles. The molecule has 1 aliphatic carbocycles. The third kappa shape index (κ3) is 2.15. The first-order chi connectivity index (χ1) is 8.79. The Morgan fingerprint density at radius 1 is 1.56 bits per heavy atom. The minimum Gasteiger partial charge on any atom is -0.374 e. The van der Waals surface area contributed by atoms with E-state index in [9.17, 15) is 0 Å². The molecule has 1 N–H and O–H groups in total. The molecule has 2 heterocycles. The molecule has 1 saturated heterocycles. The fourth-order valence-electron chi connectivity index (χ4n) is 2.92. The molecule has 0 radical (unpaired) electrons. The summed E-state index contributed by atoms with van der Waals surface area (Å²) in [4.78, 5) is 7.26. The molecular formula is C13H21N3OS. The van der Waals surface area contributed by atoms with Crippen LogP contribution in [-0.2, 0) is 4.74 Å². The standard InChI is InChI=1S/C13H21N3OS/c1-9(14-2)10-8-18-13(15-10)16-6-7-17-12-5-3-4-11(12)16/h8-9,11-12,14H,3-7H2,1-2H3. The van der Waals surface area contributed by atoms with Crippen LogP contribution in [-0.4, -0.2) is 37.3 Å². The maximum absolute atomic E-state index is 5.85. The molecule has 1 aromatic rings. The molecule has 3 unspecified atom stereocenters. The number of thiazole rings is 1. The van der Waals surface area contributed by atoms with Crippen molar-refractivity contribution in [2.24, 2.45) is 0 Å². The van der Waals surface area contributed by atoms with Crippen molar-refractivity contribution in [3.05, 3.63) is 11.1 Å². The largest absolute Gasteiger partial charge is 0.374 e. The van der Waals surface area contributed by atoms with Gasteiger partial charge in [0.25, 0.3) is 0 Å². The van der Waals surface area contributed by atoms with Gasteiger partial charge < -0.3 is 15.0 Å². The van der Waals surface area contributed by atoms with Gasteiger partial charge in [0.1, 0.15) is 0 Å². The molecule has 1 aliphatic heterocycles. The molecule has 1 aromatic heterocycles. The second-order valence-corrected chi connectivity index (χ2v) is 6.00. The predicted octanol–water partition coefficient (Wildman–Crippen LogP) is 2.18. The van der Waals surface area contributed by atoms with Gasteiger partial charge in [-0.2, -0.15) is 0 Å². The Hall–Kier alpha value is -0.650. The number of ether oxygens (including phenoxy) is 1. The fourth-order valence-corrected chi connectivity index (χ4v) is 3.92. The van der Waals surface area contributed by atoms with E-state index >= 15 is 0 Å². The molecule has 4 nitrogen and oxygen atoms in total. The van der Waals surface area contributed by atoms with Crippen molar-refractivity contribution in [1.29, 1.82) is 0 Å². The van der Waals surface area contributed by atoms with Crippen LogP contribution < -0.4 is 10.2 Å². The van der Waals surface area contributed by atoms with Crippen molar-refractivity contribution in [1.82, 2.24) is 10.3 Å². The van der Waals surface area contributed by atoms with Gasteiger partial charge in [0.2, 0.25) is 0 Å². The van der Waals surface area contributed by atoms with Crippen LogP contribution in [0.25, 0.3) is 0 Å². The second kappa shape index (κ2) is 5.15. The molecule has 0 spiro atoms. The lowest BCUT2D eigenvalue weighted by atomic mass is 10.1. The molecule has 100 valence electrons. The van der Waals surface area contributed by atoms with Crippen LogP contribution in [0.3, 0.4) is 0 Å². The van der Waals surface area contributed by atoms with Gasteiger partial charge in [-0.25, -0.2) is 4.98 Å². The predicted molar refractivity (Wildman–Crippen MR) is 74.3 cm³/mol. The van der Waals surface area contributed by atoms with E-state index in [1.165, 1.54) is 24.4 Å². The number of rotatable bonds is 3. The molecule has 18 heavy (non-hydrogen) atoms. The number of nitrogens with one attached hydrogen (secondary N) is 1. The highest BCUT2D eigenvalue weighted by molar-refractivity contribution is 7.13. The first-order valence-corrected chi connectivity index (χ1v) is 7.68. The highest BCUT2D eigenvalue weighted by atomic mass is 32.1. The molecule has 1 saturated carbocycles. The minimum atomic E-state index is 0.329. The van der Waals surface area contributed by atoms with Gasteiger partial charge in [-0.15, -0.1) is 11.3 Å². The van der Waals surface area contributed by atoms with Crippen LogP contribution >= 0.6 is 11.3 Å². The molecular weight excluding hydrogens is 246 g/mol. The van der Waals surface area contributed by atoms with E-state index in [1.807, 2.05) is 7.05 Å². The maximum atomic E-state index is 5.85. The normalized spacial score (nSPS) is 29.3. The van der Waals surface area contributed by atoms with Crippen molar-refractivity contribution in [3.63, 3.8) is 0 Å². The van der Waals surface area contributed by atoms with Gasteiger partial charge in [0, 0.05) is 18.0 Å². The smallest absolute Gasteiger partial charge is 0.185 e. The van der Waals surface area contributed by atoms with Crippen LogP contribution in [0.5, 0.6) is 0 Å². The average Bonchev–Trinajstić information content (AvgIpc) is 3.05. The first kappa shape index (κ1) is 12.4. The van der Waals surface area contributed by atoms with Gasteiger partial charge in [0.15, 0.2) is 5.13 Å². The summed E-state index contributed by atoms with van der Waals surface area (Å²) in [6.45, 7) is 3.98. The third-order valence-corrected chi connectivity index (χ3v) is 5.01. The summed E-state index contributed by atoms with van der Waals surface area (Å²) in [5.74, 6) is 0. The number of hydrogen-bond donors (Lipinski definition) is 1. The van der Waals surface area contributed by atoms with Crippen molar-refractivity contribution in [3.8, 4) is 0 Å². The molecule has 3 atom stereocenters. The number of fused-ring (bicyclic) bond motifs is 1.